The van der Waals surface area contributed by atoms with Gasteiger partial charge in [0.25, 0.3) is 0 Å². The van der Waals surface area contributed by atoms with Crippen LogP contribution in [-0.2, 0) is 35.4 Å². The molecule has 4 nitrogen and oxygen atoms in total. The molecule has 1 N–H and O–H groups in total. The van der Waals surface area contributed by atoms with Gasteiger partial charge in [0.05, 0.1) is 0 Å². The fraction of sp³-hybridized carbons (Fsp3) is 0.375. The summed E-state index contributed by atoms with van der Waals surface area (Å²) in [5.41, 5.74) is 4.53. The fourth-order valence-corrected chi connectivity index (χ4v) is 5.04. The summed E-state index contributed by atoms with van der Waals surface area (Å²) in [7, 11) is 0. The maximum atomic E-state index is 13.8. The van der Waals surface area contributed by atoms with Crippen molar-refractivity contribution in [2.45, 2.75) is 76.9 Å². The molecule has 0 spiro atoms. The second kappa shape index (κ2) is 13.1. The van der Waals surface area contributed by atoms with E-state index in [2.05, 4.69) is 36.5 Å². The predicted molar refractivity (Wildman–Crippen MR) is 145 cm³/mol. The molecular formula is C32H38N2O2. The van der Waals surface area contributed by atoms with Crippen molar-refractivity contribution in [1.29, 1.82) is 0 Å². The quantitative estimate of drug-likeness (QED) is 0.371. The Morgan fingerprint density at radius 2 is 1.39 bits per heavy atom. The average molecular weight is 483 g/mol. The Morgan fingerprint density at radius 1 is 0.806 bits per heavy atom. The monoisotopic (exact) mass is 482 g/mol. The molecule has 1 atom stereocenters. The van der Waals surface area contributed by atoms with Gasteiger partial charge in [0.15, 0.2) is 0 Å². The highest BCUT2D eigenvalue weighted by atomic mass is 16.2. The summed E-state index contributed by atoms with van der Waals surface area (Å²) in [5, 5.41) is 3.27. The Morgan fingerprint density at radius 3 is 2.00 bits per heavy atom. The number of amides is 2. The highest BCUT2D eigenvalue weighted by Gasteiger charge is 2.31. The molecule has 3 aromatic carbocycles. The molecule has 1 fully saturated rings. The van der Waals surface area contributed by atoms with Crippen LogP contribution < -0.4 is 5.32 Å². The summed E-state index contributed by atoms with van der Waals surface area (Å²) >= 11 is 0. The molecule has 1 aliphatic rings. The van der Waals surface area contributed by atoms with Crippen molar-refractivity contribution in [3.05, 3.63) is 107 Å². The van der Waals surface area contributed by atoms with Crippen LogP contribution in [0.25, 0.3) is 0 Å². The maximum Gasteiger partial charge on any atom is 0.243 e. The first-order valence-corrected chi connectivity index (χ1v) is 13.4. The Kier molecular flexibility index (Phi) is 9.32. The minimum Gasteiger partial charge on any atom is -0.352 e. The Hall–Kier alpha value is -3.40. The van der Waals surface area contributed by atoms with Gasteiger partial charge in [-0.05, 0) is 47.9 Å². The Bertz CT molecular complexity index is 1090. The summed E-state index contributed by atoms with van der Waals surface area (Å²) in [6, 6.07) is 28.2. The molecule has 188 valence electrons. The first-order chi connectivity index (χ1) is 17.6. The predicted octanol–water partition coefficient (Wildman–Crippen LogP) is 5.88. The van der Waals surface area contributed by atoms with Crippen LogP contribution in [-0.4, -0.2) is 28.8 Å². The van der Waals surface area contributed by atoms with Gasteiger partial charge >= 0.3 is 0 Å². The molecule has 0 saturated heterocycles. The van der Waals surface area contributed by atoms with Gasteiger partial charge in [-0.3, -0.25) is 9.59 Å². The van der Waals surface area contributed by atoms with Crippen LogP contribution in [0, 0.1) is 0 Å². The largest absolute Gasteiger partial charge is 0.352 e. The maximum absolute atomic E-state index is 13.8. The van der Waals surface area contributed by atoms with Crippen LogP contribution in [0.3, 0.4) is 0 Å². The van der Waals surface area contributed by atoms with Crippen molar-refractivity contribution in [1.82, 2.24) is 10.2 Å². The van der Waals surface area contributed by atoms with Crippen molar-refractivity contribution in [3.8, 4) is 0 Å². The second-order valence-electron chi connectivity index (χ2n) is 9.87. The third kappa shape index (κ3) is 7.30. The number of rotatable bonds is 11. The van der Waals surface area contributed by atoms with Crippen molar-refractivity contribution in [2.24, 2.45) is 0 Å². The molecule has 2 amide bonds. The first kappa shape index (κ1) is 25.7. The van der Waals surface area contributed by atoms with Gasteiger partial charge in [0.2, 0.25) is 11.8 Å². The van der Waals surface area contributed by atoms with E-state index < -0.39 is 6.04 Å². The van der Waals surface area contributed by atoms with E-state index in [-0.39, 0.29) is 17.9 Å². The smallest absolute Gasteiger partial charge is 0.243 e. The highest BCUT2D eigenvalue weighted by Crippen LogP contribution is 2.21. The Labute approximate surface area is 215 Å². The van der Waals surface area contributed by atoms with E-state index in [1.165, 1.54) is 5.56 Å². The normalized spacial score (nSPS) is 14.4. The molecule has 0 radical (unpaired) electrons. The van der Waals surface area contributed by atoms with Gasteiger partial charge in [-0.1, -0.05) is 105 Å². The minimum absolute atomic E-state index is 0.0147. The van der Waals surface area contributed by atoms with Gasteiger partial charge < -0.3 is 10.2 Å². The van der Waals surface area contributed by atoms with Crippen LogP contribution >= 0.6 is 0 Å². The molecule has 0 aromatic heterocycles. The third-order valence-corrected chi connectivity index (χ3v) is 7.23. The molecule has 36 heavy (non-hydrogen) atoms. The van der Waals surface area contributed by atoms with Crippen molar-refractivity contribution in [2.75, 3.05) is 0 Å². The van der Waals surface area contributed by atoms with E-state index in [1.807, 2.05) is 65.6 Å². The standard InChI is InChI=1S/C32H38N2O2/c1-2-25-17-19-26(20-18-25)21-22-31(35)34(24-28-13-7-4-8-14-28)30(23-27-11-5-3-6-12-27)32(36)33-29-15-9-10-16-29/h3-8,11-14,17-20,29-30H,2,9-10,15-16,21-24H2,1H3,(H,33,36)/t30-/m0/s1. The zero-order valence-corrected chi connectivity index (χ0v) is 21.4. The van der Waals surface area contributed by atoms with Gasteiger partial charge in [-0.25, -0.2) is 0 Å². The number of nitrogens with one attached hydrogen (secondary N) is 1. The van der Waals surface area contributed by atoms with Crippen molar-refractivity contribution in [3.63, 3.8) is 0 Å². The molecular weight excluding hydrogens is 444 g/mol. The number of hydrogen-bond acceptors (Lipinski definition) is 2. The number of benzene rings is 3. The molecule has 0 aliphatic heterocycles. The molecule has 1 aliphatic carbocycles. The summed E-state index contributed by atoms with van der Waals surface area (Å²) in [6.07, 6.45) is 6.88. The summed E-state index contributed by atoms with van der Waals surface area (Å²) < 4.78 is 0. The molecule has 1 saturated carbocycles. The van der Waals surface area contributed by atoms with E-state index in [0.717, 1.165) is 48.8 Å². The van der Waals surface area contributed by atoms with Gasteiger partial charge in [-0.15, -0.1) is 0 Å². The molecule has 3 aromatic rings. The Balaban J connectivity index is 1.57. The van der Waals surface area contributed by atoms with Crippen LogP contribution in [0.4, 0.5) is 0 Å². The van der Waals surface area contributed by atoms with E-state index in [0.29, 0.717) is 25.8 Å². The van der Waals surface area contributed by atoms with Crippen molar-refractivity contribution >= 4 is 11.8 Å². The lowest BCUT2D eigenvalue weighted by molar-refractivity contribution is -0.141. The SMILES string of the molecule is CCc1ccc(CCC(=O)N(Cc2ccccc2)[C@@H](Cc2ccccc2)C(=O)NC2CCCC2)cc1. The number of carbonyl (C=O) groups is 2. The number of carbonyl (C=O) groups excluding carboxylic acids is 2. The number of hydrogen-bond donors (Lipinski definition) is 1. The van der Waals surface area contributed by atoms with E-state index >= 15 is 0 Å². The van der Waals surface area contributed by atoms with Crippen LogP contribution in [0.1, 0.15) is 61.3 Å². The second-order valence-corrected chi connectivity index (χ2v) is 9.87. The topological polar surface area (TPSA) is 49.4 Å². The number of aryl methyl sites for hydroxylation is 2. The lowest BCUT2D eigenvalue weighted by atomic mass is 10.0. The van der Waals surface area contributed by atoms with E-state index in [4.69, 9.17) is 0 Å². The highest BCUT2D eigenvalue weighted by molar-refractivity contribution is 5.88. The summed E-state index contributed by atoms with van der Waals surface area (Å²) in [4.78, 5) is 29.3. The molecule has 4 heteroatoms. The van der Waals surface area contributed by atoms with Crippen LogP contribution in [0.15, 0.2) is 84.9 Å². The molecule has 0 bridgehead atoms. The lowest BCUT2D eigenvalue weighted by Gasteiger charge is -2.32. The zero-order chi connectivity index (χ0) is 25.2. The first-order valence-electron chi connectivity index (χ1n) is 13.4. The third-order valence-electron chi connectivity index (χ3n) is 7.23. The fourth-order valence-electron chi connectivity index (χ4n) is 5.04. The van der Waals surface area contributed by atoms with E-state index in [9.17, 15) is 9.59 Å². The summed E-state index contributed by atoms with van der Waals surface area (Å²) in [6.45, 7) is 2.56. The lowest BCUT2D eigenvalue weighted by Crippen LogP contribution is -2.52. The number of nitrogens with zero attached hydrogens (tertiary/aromatic N) is 1. The van der Waals surface area contributed by atoms with Crippen molar-refractivity contribution < 1.29 is 9.59 Å². The van der Waals surface area contributed by atoms with E-state index in [1.54, 1.807) is 0 Å². The van der Waals surface area contributed by atoms with Gasteiger partial charge in [0.1, 0.15) is 6.04 Å². The van der Waals surface area contributed by atoms with Crippen LogP contribution in [0.5, 0.6) is 0 Å². The minimum atomic E-state index is -0.553. The van der Waals surface area contributed by atoms with Gasteiger partial charge in [-0.2, -0.15) is 0 Å². The molecule has 0 heterocycles. The zero-order valence-electron chi connectivity index (χ0n) is 21.4. The summed E-state index contributed by atoms with van der Waals surface area (Å²) in [5.74, 6) is -0.0248. The van der Waals surface area contributed by atoms with Crippen LogP contribution in [0.2, 0.25) is 0 Å². The molecule has 4 rings (SSSR count). The molecule has 0 unspecified atom stereocenters. The average Bonchev–Trinajstić information content (AvgIpc) is 3.43. The van der Waals surface area contributed by atoms with Gasteiger partial charge in [0, 0.05) is 25.4 Å².